The van der Waals surface area contributed by atoms with Crippen molar-refractivity contribution in [1.29, 1.82) is 0 Å². The maximum Gasteiger partial charge on any atom is 0.142 e. The highest BCUT2D eigenvalue weighted by Gasteiger charge is 2.01. The number of benzene rings is 1. The summed E-state index contributed by atoms with van der Waals surface area (Å²) in [6, 6.07) is 5.33. The predicted octanol–water partition coefficient (Wildman–Crippen LogP) is 2.15. The normalized spacial score (nSPS) is 9.90. The Morgan fingerprint density at radius 2 is 2.20 bits per heavy atom. The van der Waals surface area contributed by atoms with Crippen molar-refractivity contribution >= 4 is 21.8 Å². The minimum atomic E-state index is -0.364. The van der Waals surface area contributed by atoms with Crippen molar-refractivity contribution in [1.82, 2.24) is 0 Å². The molecule has 1 aromatic rings. The molecule has 0 amide bonds. The van der Waals surface area contributed by atoms with Gasteiger partial charge in [0.1, 0.15) is 5.82 Å². The van der Waals surface area contributed by atoms with E-state index in [9.17, 15) is 4.39 Å². The number of halogens is 2. The van der Waals surface area contributed by atoms with Gasteiger partial charge in [-0.3, -0.25) is 0 Å². The van der Waals surface area contributed by atoms with Gasteiger partial charge in [0.15, 0.2) is 0 Å². The Morgan fingerprint density at radius 1 is 1.50 bits per heavy atom. The second-order valence-electron chi connectivity index (χ2n) is 1.89. The van der Waals surface area contributed by atoms with E-state index in [0.717, 1.165) is 5.56 Å². The van der Waals surface area contributed by atoms with E-state index in [2.05, 4.69) is 10.2 Å². The summed E-state index contributed by atoms with van der Waals surface area (Å²) in [6.07, 6.45) is 0. The molecular formula is C7H5ClFSi. The summed E-state index contributed by atoms with van der Waals surface area (Å²) in [6.45, 7) is 0. The molecular weight excluding hydrogens is 167 g/mol. The summed E-state index contributed by atoms with van der Waals surface area (Å²) in [5.41, 5.74) is 0.776. The molecule has 0 unspecified atom stereocenters. The third-order valence-corrected chi connectivity index (χ3v) is 2.03. The second-order valence-corrected chi connectivity index (χ2v) is 2.62. The van der Waals surface area contributed by atoms with E-state index in [4.69, 9.17) is 11.6 Å². The highest BCUT2D eigenvalue weighted by molar-refractivity contribution is 6.32. The van der Waals surface area contributed by atoms with Gasteiger partial charge < -0.3 is 0 Å². The van der Waals surface area contributed by atoms with Crippen molar-refractivity contribution in [3.8, 4) is 0 Å². The predicted molar refractivity (Wildman–Crippen MR) is 40.9 cm³/mol. The van der Waals surface area contributed by atoms with Crippen LogP contribution in [-0.2, 0) is 6.04 Å². The molecule has 0 aromatic heterocycles. The number of rotatable bonds is 1. The Balaban J connectivity index is 3.14. The minimum absolute atomic E-state index is 0.206. The summed E-state index contributed by atoms with van der Waals surface area (Å²) in [5.74, 6) is -0.364. The lowest BCUT2D eigenvalue weighted by Gasteiger charge is -1.99. The molecule has 10 heavy (non-hydrogen) atoms. The van der Waals surface area contributed by atoms with Gasteiger partial charge in [0, 0.05) is 10.2 Å². The van der Waals surface area contributed by atoms with Crippen LogP contribution < -0.4 is 0 Å². The fourth-order valence-electron chi connectivity index (χ4n) is 0.685. The van der Waals surface area contributed by atoms with Crippen molar-refractivity contribution in [2.75, 3.05) is 0 Å². The number of hydrogen-bond donors (Lipinski definition) is 0. The van der Waals surface area contributed by atoms with Crippen LogP contribution in [0.2, 0.25) is 5.02 Å². The molecule has 0 N–H and O–H groups in total. The Morgan fingerprint density at radius 3 is 2.70 bits per heavy atom. The number of hydrogen-bond acceptors (Lipinski definition) is 0. The second kappa shape index (κ2) is 3.17. The molecule has 0 aliphatic rings. The van der Waals surface area contributed by atoms with E-state index in [0.29, 0.717) is 6.04 Å². The van der Waals surface area contributed by atoms with Crippen LogP contribution in [-0.4, -0.2) is 10.2 Å². The molecule has 1 aromatic carbocycles. The van der Waals surface area contributed by atoms with Gasteiger partial charge >= 0.3 is 0 Å². The van der Waals surface area contributed by atoms with Crippen molar-refractivity contribution < 1.29 is 4.39 Å². The zero-order chi connectivity index (χ0) is 7.56. The summed E-state index contributed by atoms with van der Waals surface area (Å²) in [5, 5.41) is 0.206. The van der Waals surface area contributed by atoms with E-state index in [1.807, 2.05) is 0 Å². The lowest BCUT2D eigenvalue weighted by Crippen LogP contribution is -1.87. The molecule has 0 bridgehead atoms. The van der Waals surface area contributed by atoms with Gasteiger partial charge in [0.2, 0.25) is 0 Å². The first-order chi connectivity index (χ1) is 4.75. The fraction of sp³-hybridized carbons (Fsp3) is 0.143. The summed E-state index contributed by atoms with van der Waals surface area (Å²) < 4.78 is 12.6. The Kier molecular flexibility index (Phi) is 2.46. The largest absolute Gasteiger partial charge is 0.205 e. The molecule has 0 saturated heterocycles. The van der Waals surface area contributed by atoms with Crippen LogP contribution >= 0.6 is 11.6 Å². The molecule has 0 fully saturated rings. The van der Waals surface area contributed by atoms with Crippen molar-refractivity contribution in [3.63, 3.8) is 0 Å². The third kappa shape index (κ3) is 1.38. The van der Waals surface area contributed by atoms with Crippen molar-refractivity contribution in [2.24, 2.45) is 0 Å². The van der Waals surface area contributed by atoms with Crippen LogP contribution in [0.25, 0.3) is 0 Å². The zero-order valence-corrected chi connectivity index (χ0v) is 6.95. The van der Waals surface area contributed by atoms with Gasteiger partial charge in [-0.25, -0.2) is 4.39 Å². The molecule has 0 heterocycles. The highest BCUT2D eigenvalue weighted by Crippen LogP contribution is 2.18. The standard InChI is InChI=1S/C7H5ClFSi/c8-7-5(4-10)2-1-3-6(7)9/h1-3H,4H2. The molecule has 0 aliphatic carbocycles. The Labute approximate surface area is 67.4 Å². The first-order valence-electron chi connectivity index (χ1n) is 2.83. The molecule has 0 nitrogen and oxygen atoms in total. The molecule has 3 heteroatoms. The summed E-state index contributed by atoms with van der Waals surface area (Å²) in [4.78, 5) is 0. The molecule has 3 radical (unpaired) electrons. The molecule has 51 valence electrons. The van der Waals surface area contributed by atoms with Crippen LogP contribution in [0.5, 0.6) is 0 Å². The fourth-order valence-corrected chi connectivity index (χ4v) is 1.28. The molecule has 0 atom stereocenters. The lowest BCUT2D eigenvalue weighted by molar-refractivity contribution is 0.627. The van der Waals surface area contributed by atoms with Gasteiger partial charge in [-0.15, -0.1) is 0 Å². The van der Waals surface area contributed by atoms with Gasteiger partial charge in [-0.1, -0.05) is 23.7 Å². The van der Waals surface area contributed by atoms with Crippen molar-refractivity contribution in [3.05, 3.63) is 34.6 Å². The van der Waals surface area contributed by atoms with E-state index in [1.165, 1.54) is 6.07 Å². The van der Waals surface area contributed by atoms with Gasteiger partial charge in [-0.2, -0.15) is 0 Å². The summed E-state index contributed by atoms with van der Waals surface area (Å²) in [7, 11) is 3.24. The van der Waals surface area contributed by atoms with Crippen LogP contribution in [0.3, 0.4) is 0 Å². The maximum atomic E-state index is 12.6. The summed E-state index contributed by atoms with van der Waals surface area (Å²) >= 11 is 5.59. The highest BCUT2D eigenvalue weighted by atomic mass is 35.5. The first-order valence-corrected chi connectivity index (χ1v) is 3.91. The Hall–Kier alpha value is -0.343. The van der Waals surface area contributed by atoms with Gasteiger partial charge in [-0.05, 0) is 17.7 Å². The molecule has 1 rings (SSSR count). The van der Waals surface area contributed by atoms with Crippen LogP contribution in [0, 0.1) is 5.82 Å². The lowest BCUT2D eigenvalue weighted by atomic mass is 10.2. The van der Waals surface area contributed by atoms with Gasteiger partial charge in [0.05, 0.1) is 5.02 Å². The molecule has 0 aliphatic heterocycles. The zero-order valence-electron chi connectivity index (χ0n) is 5.20. The van der Waals surface area contributed by atoms with Crippen LogP contribution in [0.4, 0.5) is 4.39 Å². The average molecular weight is 172 g/mol. The smallest absolute Gasteiger partial charge is 0.142 e. The topological polar surface area (TPSA) is 0 Å². The minimum Gasteiger partial charge on any atom is -0.205 e. The van der Waals surface area contributed by atoms with E-state index >= 15 is 0 Å². The van der Waals surface area contributed by atoms with Crippen LogP contribution in [0.1, 0.15) is 5.56 Å². The SMILES string of the molecule is Fc1cccc(C[Si])c1Cl. The third-order valence-electron chi connectivity index (χ3n) is 1.22. The van der Waals surface area contributed by atoms with Crippen LogP contribution in [0.15, 0.2) is 18.2 Å². The molecule has 0 saturated carbocycles. The first kappa shape index (κ1) is 7.76. The Bertz CT molecular complexity index is 237. The average Bonchev–Trinajstić information content (AvgIpc) is 1.95. The monoisotopic (exact) mass is 171 g/mol. The van der Waals surface area contributed by atoms with E-state index < -0.39 is 0 Å². The van der Waals surface area contributed by atoms with E-state index in [1.54, 1.807) is 12.1 Å². The van der Waals surface area contributed by atoms with E-state index in [-0.39, 0.29) is 10.8 Å². The maximum absolute atomic E-state index is 12.6. The van der Waals surface area contributed by atoms with Crippen molar-refractivity contribution in [2.45, 2.75) is 6.04 Å². The quantitative estimate of drug-likeness (QED) is 0.568. The van der Waals surface area contributed by atoms with Gasteiger partial charge in [0.25, 0.3) is 0 Å². The molecule has 0 spiro atoms.